The summed E-state index contributed by atoms with van der Waals surface area (Å²) in [6, 6.07) is 0. The van der Waals surface area contributed by atoms with Crippen molar-refractivity contribution in [2.75, 3.05) is 0 Å². The largest absolute Gasteiger partial charge is 0.153 e. The third-order valence-corrected chi connectivity index (χ3v) is 0. The van der Waals surface area contributed by atoms with Gasteiger partial charge in [-0.15, -0.1) is 0 Å². The van der Waals surface area contributed by atoms with Crippen LogP contribution in [0.25, 0.3) is 0 Å². The molecule has 0 amide bonds. The average Bonchev–Trinajstić information content (AvgIpc) is 0. The Bertz CT molecular complexity index is 8.00. The second kappa shape index (κ2) is 18.9. The number of hydrogen-bond acceptors (Lipinski definition) is 0. The van der Waals surface area contributed by atoms with Crippen LogP contribution in [-0.4, -0.2) is 0 Å². The van der Waals surface area contributed by atoms with E-state index in [1.54, 1.807) is 0 Å². The van der Waals surface area contributed by atoms with Crippen LogP contribution in [0.15, 0.2) is 0 Å². The fraction of sp³-hybridized carbons (Fsp3) is 0. The number of hydrogen-bond donors (Lipinski definition) is 0. The Morgan fingerprint density at radius 1 is 1.00 bits per heavy atom. The summed E-state index contributed by atoms with van der Waals surface area (Å²) in [7, 11) is 0. The van der Waals surface area contributed by atoms with Crippen molar-refractivity contribution in [2.45, 2.75) is 0 Å². The third kappa shape index (κ3) is 8.88. The molecule has 4 heteroatoms. The van der Waals surface area contributed by atoms with E-state index in [-0.39, 0.29) is 66.3 Å². The molecule has 1 radical (unpaired) electrons. The zero-order valence-electron chi connectivity index (χ0n) is 2.11. The third-order valence-electron chi connectivity index (χ3n) is 0. The van der Waals surface area contributed by atoms with Gasteiger partial charge in [0.25, 0.3) is 0 Å². The van der Waals surface area contributed by atoms with Gasteiger partial charge in [-0.25, -0.2) is 0 Å². The van der Waals surface area contributed by atoms with Crippen LogP contribution in [0.4, 0.5) is 0 Å². The SMILES string of the molecule is P.[Ni].[Re].[Zn]. The van der Waals surface area contributed by atoms with Crippen molar-refractivity contribution in [1.29, 1.82) is 0 Å². The van der Waals surface area contributed by atoms with E-state index in [0.29, 0.717) is 0 Å². The summed E-state index contributed by atoms with van der Waals surface area (Å²) in [5, 5.41) is 0. The standard InChI is InChI=1S/Ni.H3P.Re.Zn/h;1H3;;. The van der Waals surface area contributed by atoms with Crippen LogP contribution in [0.1, 0.15) is 0 Å². The van der Waals surface area contributed by atoms with Gasteiger partial charge in [0.2, 0.25) is 0 Å². The predicted octanol–water partition coefficient (Wildman–Crippen LogP) is 0.0506. The van der Waals surface area contributed by atoms with E-state index in [1.807, 2.05) is 0 Å². The summed E-state index contributed by atoms with van der Waals surface area (Å²) in [5.41, 5.74) is 0. The van der Waals surface area contributed by atoms with E-state index >= 15 is 0 Å². The summed E-state index contributed by atoms with van der Waals surface area (Å²) in [4.78, 5) is 0. The van der Waals surface area contributed by atoms with Crippen LogP contribution in [0, 0.1) is 0 Å². The first-order valence-electron chi connectivity index (χ1n) is 0. The molecule has 0 aromatic carbocycles. The van der Waals surface area contributed by atoms with Gasteiger partial charge in [-0.1, -0.05) is 0 Å². The van der Waals surface area contributed by atoms with Crippen LogP contribution in [0.3, 0.4) is 0 Å². The predicted molar refractivity (Wildman–Crippen MR) is 11.1 cm³/mol. The van der Waals surface area contributed by atoms with Crippen molar-refractivity contribution >= 4 is 9.90 Å². The van der Waals surface area contributed by atoms with E-state index in [2.05, 4.69) is 0 Å². The molecule has 0 aliphatic heterocycles. The van der Waals surface area contributed by atoms with Gasteiger partial charge in [0.15, 0.2) is 0 Å². The molecule has 0 rings (SSSR count). The molecule has 0 N–H and O–H groups in total. The Labute approximate surface area is 65.8 Å². The molecule has 1 unspecified atom stereocenters. The van der Waals surface area contributed by atoms with Gasteiger partial charge in [0.1, 0.15) is 0 Å². The van der Waals surface area contributed by atoms with E-state index in [0.717, 1.165) is 0 Å². The molecule has 0 spiro atoms. The molecule has 0 nitrogen and oxygen atoms in total. The molecule has 1 atom stereocenters. The second-order valence-corrected chi connectivity index (χ2v) is 0. The molecule has 27 valence electrons. The minimum absolute atomic E-state index is 0. The molecule has 0 heterocycles. The first-order valence-corrected chi connectivity index (χ1v) is 0. The van der Waals surface area contributed by atoms with Crippen molar-refractivity contribution in [1.82, 2.24) is 0 Å². The average molecular weight is 344 g/mol. The van der Waals surface area contributed by atoms with Crippen LogP contribution >= 0.6 is 9.90 Å². The quantitative estimate of drug-likeness (QED) is 0.430. The van der Waals surface area contributed by atoms with Crippen molar-refractivity contribution in [3.8, 4) is 0 Å². The van der Waals surface area contributed by atoms with Crippen molar-refractivity contribution in [3.63, 3.8) is 0 Å². The van der Waals surface area contributed by atoms with Gasteiger partial charge in [-0.3, -0.25) is 0 Å². The van der Waals surface area contributed by atoms with Gasteiger partial charge in [0, 0.05) is 56.4 Å². The smallest absolute Gasteiger partial charge is 0 e. The molecular formula is H3NiPReZn. The minimum Gasteiger partial charge on any atom is -0.153 e. The Morgan fingerprint density at radius 2 is 1.00 bits per heavy atom. The molecule has 0 saturated carbocycles. The summed E-state index contributed by atoms with van der Waals surface area (Å²) < 4.78 is 0. The maximum Gasteiger partial charge on any atom is 0 e. The normalized spacial score (nSPS) is 0. The topological polar surface area (TPSA) is 0 Å². The maximum atomic E-state index is 0. The Hall–Kier alpha value is 2.21. The van der Waals surface area contributed by atoms with E-state index in [4.69, 9.17) is 0 Å². The van der Waals surface area contributed by atoms with Crippen molar-refractivity contribution < 1.29 is 56.4 Å². The van der Waals surface area contributed by atoms with E-state index < -0.39 is 0 Å². The molecule has 0 aromatic heterocycles. The monoisotopic (exact) mass is 343 g/mol. The van der Waals surface area contributed by atoms with Gasteiger partial charge in [-0.2, -0.15) is 9.90 Å². The fourth-order valence-electron chi connectivity index (χ4n) is 0. The van der Waals surface area contributed by atoms with Gasteiger partial charge in [0.05, 0.1) is 0 Å². The van der Waals surface area contributed by atoms with Crippen molar-refractivity contribution in [3.05, 3.63) is 0 Å². The Balaban J connectivity index is 0. The van der Waals surface area contributed by atoms with Gasteiger partial charge < -0.3 is 0 Å². The molecular weight excluding hydrogens is 341 g/mol. The van der Waals surface area contributed by atoms with Crippen LogP contribution in [-0.2, 0) is 56.4 Å². The Morgan fingerprint density at radius 3 is 1.00 bits per heavy atom. The minimum atomic E-state index is 0. The van der Waals surface area contributed by atoms with E-state index in [1.165, 1.54) is 0 Å². The Kier molecular flexibility index (Phi) is 163. The van der Waals surface area contributed by atoms with Crippen LogP contribution in [0.2, 0.25) is 0 Å². The molecule has 0 saturated heterocycles. The van der Waals surface area contributed by atoms with Gasteiger partial charge >= 0.3 is 0 Å². The zero-order valence-corrected chi connectivity index (χ0v) is 10.2. The molecule has 0 aliphatic rings. The first kappa shape index (κ1) is 34.5. The molecule has 0 aromatic rings. The molecule has 0 bridgehead atoms. The van der Waals surface area contributed by atoms with Crippen LogP contribution < -0.4 is 0 Å². The van der Waals surface area contributed by atoms with Gasteiger partial charge in [-0.05, 0) is 0 Å². The van der Waals surface area contributed by atoms with Crippen molar-refractivity contribution in [2.24, 2.45) is 0 Å². The second-order valence-electron chi connectivity index (χ2n) is 0. The number of rotatable bonds is 0. The summed E-state index contributed by atoms with van der Waals surface area (Å²) in [6.07, 6.45) is 0. The maximum absolute atomic E-state index is 0. The fourth-order valence-corrected chi connectivity index (χ4v) is 0. The summed E-state index contributed by atoms with van der Waals surface area (Å²) in [5.74, 6) is 0. The van der Waals surface area contributed by atoms with Crippen LogP contribution in [0.5, 0.6) is 0 Å². The zero-order chi connectivity index (χ0) is 0. The molecule has 4 heavy (non-hydrogen) atoms. The molecule has 0 aliphatic carbocycles. The summed E-state index contributed by atoms with van der Waals surface area (Å²) in [6.45, 7) is 0. The van der Waals surface area contributed by atoms with E-state index in [9.17, 15) is 0 Å². The first-order chi connectivity index (χ1) is 0. The molecule has 0 fully saturated rings. The summed E-state index contributed by atoms with van der Waals surface area (Å²) >= 11 is 0.